The molecule has 0 atom stereocenters. The number of pyridine rings is 1. The lowest BCUT2D eigenvalue weighted by molar-refractivity contribution is 0.134. The van der Waals surface area contributed by atoms with Gasteiger partial charge in [-0.1, -0.05) is 33.6 Å². The van der Waals surface area contributed by atoms with Crippen LogP contribution in [0.1, 0.15) is 18.1 Å². The molecule has 26 heavy (non-hydrogen) atoms. The summed E-state index contributed by atoms with van der Waals surface area (Å²) in [6.07, 6.45) is 1.87. The fraction of sp³-hybridized carbons (Fsp3) is 0.250. The first-order valence-corrected chi connectivity index (χ1v) is 9.50. The molecule has 1 heterocycles. The maximum atomic E-state index is 6.24. The highest BCUT2D eigenvalue weighted by Gasteiger charge is 2.10. The van der Waals surface area contributed by atoms with Crippen LogP contribution < -0.4 is 10.1 Å². The van der Waals surface area contributed by atoms with Crippen LogP contribution >= 0.6 is 27.5 Å². The molecule has 0 unspecified atom stereocenters. The molecule has 0 aliphatic heterocycles. The summed E-state index contributed by atoms with van der Waals surface area (Å²) in [5.74, 6) is 0.672. The Bertz CT molecular complexity index is 918. The van der Waals surface area contributed by atoms with Crippen LogP contribution in [0.4, 0.5) is 5.69 Å². The summed E-state index contributed by atoms with van der Waals surface area (Å²) >= 11 is 9.79. The summed E-state index contributed by atoms with van der Waals surface area (Å²) in [5.41, 5.74) is 4.05. The average Bonchev–Trinajstić information content (AvgIpc) is 2.65. The number of hydrogen-bond acceptors (Lipinski definition) is 4. The summed E-state index contributed by atoms with van der Waals surface area (Å²) in [6, 6.07) is 11.8. The predicted octanol–water partition coefficient (Wildman–Crippen LogP) is 5.81. The van der Waals surface area contributed by atoms with E-state index in [0.717, 1.165) is 32.2 Å². The summed E-state index contributed by atoms with van der Waals surface area (Å²) in [5, 5.41) is 5.19. The molecule has 0 amide bonds. The number of fused-ring (bicyclic) bond motifs is 1. The molecule has 0 aliphatic rings. The van der Waals surface area contributed by atoms with Crippen molar-refractivity contribution in [2.24, 2.45) is 0 Å². The van der Waals surface area contributed by atoms with Gasteiger partial charge in [0.1, 0.15) is 5.75 Å². The minimum Gasteiger partial charge on any atom is -0.495 e. The van der Waals surface area contributed by atoms with Gasteiger partial charge in [-0.15, -0.1) is 0 Å². The van der Waals surface area contributed by atoms with Crippen molar-refractivity contribution < 1.29 is 9.47 Å². The fourth-order valence-electron chi connectivity index (χ4n) is 2.75. The number of ether oxygens (including phenoxy) is 2. The molecular weight excluding hydrogens is 416 g/mol. The Morgan fingerprint density at radius 2 is 2.04 bits per heavy atom. The van der Waals surface area contributed by atoms with Gasteiger partial charge in [0.2, 0.25) is 0 Å². The number of anilines is 1. The van der Waals surface area contributed by atoms with E-state index in [-0.39, 0.29) is 0 Å². The first-order chi connectivity index (χ1) is 12.6. The van der Waals surface area contributed by atoms with Crippen LogP contribution in [0.15, 0.2) is 47.1 Å². The topological polar surface area (TPSA) is 43.4 Å². The minimum atomic E-state index is 0.512. The van der Waals surface area contributed by atoms with E-state index in [4.69, 9.17) is 21.1 Å². The van der Waals surface area contributed by atoms with Crippen LogP contribution in [0.3, 0.4) is 0 Å². The average molecular weight is 436 g/mol. The number of halogens is 2. The number of hydrogen-bond donors (Lipinski definition) is 1. The molecule has 136 valence electrons. The molecule has 0 spiro atoms. The van der Waals surface area contributed by atoms with Gasteiger partial charge in [-0.05, 0) is 42.8 Å². The number of aromatic nitrogens is 1. The van der Waals surface area contributed by atoms with Crippen molar-refractivity contribution in [2.45, 2.75) is 20.1 Å². The van der Waals surface area contributed by atoms with Gasteiger partial charge < -0.3 is 14.8 Å². The maximum absolute atomic E-state index is 6.24. The van der Waals surface area contributed by atoms with Crippen LogP contribution in [-0.4, -0.2) is 18.7 Å². The molecule has 6 heteroatoms. The highest BCUT2D eigenvalue weighted by Crippen LogP contribution is 2.30. The number of nitrogens with zero attached hydrogens (tertiary/aromatic N) is 1. The Hall–Kier alpha value is -1.82. The van der Waals surface area contributed by atoms with E-state index < -0.39 is 0 Å². The van der Waals surface area contributed by atoms with Crippen molar-refractivity contribution in [1.82, 2.24) is 4.98 Å². The van der Waals surface area contributed by atoms with Gasteiger partial charge in [-0.3, -0.25) is 4.98 Å². The lowest BCUT2D eigenvalue weighted by Crippen LogP contribution is -2.06. The van der Waals surface area contributed by atoms with E-state index >= 15 is 0 Å². The molecule has 2 aromatic carbocycles. The molecule has 0 saturated heterocycles. The molecule has 3 rings (SSSR count). The van der Waals surface area contributed by atoms with E-state index in [0.29, 0.717) is 30.5 Å². The molecule has 0 aliphatic carbocycles. The van der Waals surface area contributed by atoms with Crippen molar-refractivity contribution >= 4 is 44.1 Å². The van der Waals surface area contributed by atoms with E-state index in [1.165, 1.54) is 0 Å². The fourth-order valence-corrected chi connectivity index (χ4v) is 3.39. The van der Waals surface area contributed by atoms with Crippen LogP contribution in [0.2, 0.25) is 5.02 Å². The third kappa shape index (κ3) is 4.29. The number of nitrogens with one attached hydrogen (secondary N) is 1. The van der Waals surface area contributed by atoms with E-state index in [9.17, 15) is 0 Å². The molecular formula is C20H20BrClN2O2. The summed E-state index contributed by atoms with van der Waals surface area (Å²) in [4.78, 5) is 4.55. The van der Waals surface area contributed by atoms with Gasteiger partial charge in [-0.2, -0.15) is 0 Å². The second kappa shape index (κ2) is 8.71. The van der Waals surface area contributed by atoms with Gasteiger partial charge in [0, 0.05) is 34.8 Å². The third-order valence-electron chi connectivity index (χ3n) is 4.06. The molecule has 1 N–H and O–H groups in total. The van der Waals surface area contributed by atoms with Crippen LogP contribution in [-0.2, 0) is 17.9 Å². The minimum absolute atomic E-state index is 0.512. The van der Waals surface area contributed by atoms with E-state index in [2.05, 4.69) is 32.3 Å². The first-order valence-electron chi connectivity index (χ1n) is 8.33. The third-order valence-corrected chi connectivity index (χ3v) is 4.84. The Morgan fingerprint density at radius 1 is 1.19 bits per heavy atom. The molecule has 4 nitrogen and oxygen atoms in total. The largest absolute Gasteiger partial charge is 0.495 e. The van der Waals surface area contributed by atoms with Crippen molar-refractivity contribution in [3.05, 3.63) is 63.2 Å². The number of benzene rings is 2. The normalized spacial score (nSPS) is 10.9. The van der Waals surface area contributed by atoms with Gasteiger partial charge in [0.05, 0.1) is 29.9 Å². The molecule has 3 aromatic rings. The van der Waals surface area contributed by atoms with E-state index in [1.807, 2.05) is 43.5 Å². The second-order valence-electron chi connectivity index (χ2n) is 5.78. The zero-order valence-corrected chi connectivity index (χ0v) is 17.0. The number of methoxy groups -OCH3 is 1. The van der Waals surface area contributed by atoms with Gasteiger partial charge in [0.25, 0.3) is 0 Å². The summed E-state index contributed by atoms with van der Waals surface area (Å²) in [6.45, 7) is 3.79. The molecule has 0 radical (unpaired) electrons. The Kier molecular flexibility index (Phi) is 6.35. The van der Waals surface area contributed by atoms with Crippen molar-refractivity contribution in [3.8, 4) is 5.75 Å². The number of rotatable bonds is 7. The molecule has 0 saturated carbocycles. The summed E-state index contributed by atoms with van der Waals surface area (Å²) in [7, 11) is 1.61. The highest BCUT2D eigenvalue weighted by atomic mass is 79.9. The van der Waals surface area contributed by atoms with Crippen LogP contribution in [0.25, 0.3) is 10.9 Å². The Balaban J connectivity index is 1.93. The molecule has 0 bridgehead atoms. The van der Waals surface area contributed by atoms with Gasteiger partial charge in [-0.25, -0.2) is 0 Å². The Labute approximate surface area is 166 Å². The van der Waals surface area contributed by atoms with Gasteiger partial charge in [0.15, 0.2) is 0 Å². The van der Waals surface area contributed by atoms with Crippen molar-refractivity contribution in [3.63, 3.8) is 0 Å². The smallest absolute Gasteiger partial charge is 0.137 e. The molecule has 1 aromatic heterocycles. The molecule has 0 fully saturated rings. The first kappa shape index (κ1) is 19.0. The Morgan fingerprint density at radius 3 is 2.77 bits per heavy atom. The van der Waals surface area contributed by atoms with Crippen LogP contribution in [0, 0.1) is 0 Å². The zero-order chi connectivity index (χ0) is 18.5. The monoisotopic (exact) mass is 434 g/mol. The van der Waals surface area contributed by atoms with Crippen molar-refractivity contribution in [2.75, 3.05) is 19.0 Å². The lowest BCUT2D eigenvalue weighted by atomic mass is 10.1. The van der Waals surface area contributed by atoms with Gasteiger partial charge >= 0.3 is 0 Å². The quantitative estimate of drug-likeness (QED) is 0.509. The predicted molar refractivity (Wildman–Crippen MR) is 110 cm³/mol. The van der Waals surface area contributed by atoms with E-state index in [1.54, 1.807) is 7.11 Å². The maximum Gasteiger partial charge on any atom is 0.137 e. The van der Waals surface area contributed by atoms with Crippen molar-refractivity contribution in [1.29, 1.82) is 0 Å². The highest BCUT2D eigenvalue weighted by molar-refractivity contribution is 9.10. The lowest BCUT2D eigenvalue weighted by Gasteiger charge is -2.15. The second-order valence-corrected chi connectivity index (χ2v) is 7.10. The summed E-state index contributed by atoms with van der Waals surface area (Å²) < 4.78 is 11.8. The van der Waals surface area contributed by atoms with Crippen LogP contribution in [0.5, 0.6) is 5.75 Å². The SMILES string of the molecule is CCOCc1cnc2ccc(Br)cc2c1NCc1ccc(OC)c(Cl)c1. The standard InChI is InChI=1S/C20H20BrClN2O2/c1-3-26-12-14-11-23-18-6-5-15(21)9-16(18)20(14)24-10-13-4-7-19(25-2)17(22)8-13/h4-9,11H,3,10,12H2,1-2H3,(H,23,24). The zero-order valence-electron chi connectivity index (χ0n) is 14.7.